The zero-order valence-corrected chi connectivity index (χ0v) is 15.8. The molecule has 3 aromatic rings. The van der Waals surface area contributed by atoms with Gasteiger partial charge in [-0.2, -0.15) is 0 Å². The summed E-state index contributed by atoms with van der Waals surface area (Å²) in [5.74, 6) is -0.798. The minimum Gasteiger partial charge on any atom is -0.369 e. The van der Waals surface area contributed by atoms with Crippen LogP contribution in [0, 0.1) is 12.7 Å². The normalized spacial score (nSPS) is 11.5. The van der Waals surface area contributed by atoms with Crippen molar-refractivity contribution >= 4 is 15.7 Å². The second-order valence-electron chi connectivity index (χ2n) is 6.39. The molecule has 27 heavy (non-hydrogen) atoms. The Hall–Kier alpha value is -2.93. The van der Waals surface area contributed by atoms with Gasteiger partial charge in [-0.1, -0.05) is 12.1 Å². The van der Waals surface area contributed by atoms with E-state index in [0.717, 1.165) is 34.5 Å². The van der Waals surface area contributed by atoms with E-state index in [0.29, 0.717) is 0 Å². The molecule has 0 saturated carbocycles. The number of hydrogen-bond donors (Lipinski definition) is 1. The van der Waals surface area contributed by atoms with Crippen LogP contribution in [0.5, 0.6) is 0 Å². The molecule has 0 atom stereocenters. The maximum Gasteiger partial charge on any atom is 0.221 e. The molecule has 0 unspecified atom stereocenters. The van der Waals surface area contributed by atoms with Crippen molar-refractivity contribution in [3.05, 3.63) is 71.7 Å². The standard InChI is InChI=1S/C20H19FN2O3S/c1-13-15(12-20(22)24)11-19(23(13)17-7-5-16(21)6-8-17)14-3-9-18(10-4-14)27(2,25)26/h3-11H,12H2,1-2H3,(H2,22,24). The molecule has 1 heterocycles. The molecule has 0 bridgehead atoms. The van der Waals surface area contributed by atoms with E-state index in [4.69, 9.17) is 5.73 Å². The van der Waals surface area contributed by atoms with Gasteiger partial charge in [0.25, 0.3) is 0 Å². The molecule has 1 amide bonds. The first kappa shape index (κ1) is 18.8. The Morgan fingerprint density at radius 1 is 1.07 bits per heavy atom. The summed E-state index contributed by atoms with van der Waals surface area (Å²) < 4.78 is 38.6. The summed E-state index contributed by atoms with van der Waals surface area (Å²) in [6.07, 6.45) is 1.23. The fourth-order valence-electron chi connectivity index (χ4n) is 3.03. The van der Waals surface area contributed by atoms with Crippen LogP contribution in [-0.2, 0) is 21.1 Å². The van der Waals surface area contributed by atoms with E-state index in [-0.39, 0.29) is 17.1 Å². The molecule has 0 radical (unpaired) electrons. The summed E-state index contributed by atoms with van der Waals surface area (Å²) in [7, 11) is -3.30. The Labute approximate surface area is 157 Å². The molecule has 2 N–H and O–H groups in total. The molecule has 0 aliphatic carbocycles. The molecule has 0 saturated heterocycles. The molecule has 7 heteroatoms. The third-order valence-corrected chi connectivity index (χ3v) is 5.51. The second-order valence-corrected chi connectivity index (χ2v) is 8.41. The number of hydrogen-bond acceptors (Lipinski definition) is 3. The van der Waals surface area contributed by atoms with Gasteiger partial charge in [0.05, 0.1) is 17.0 Å². The maximum atomic E-state index is 13.3. The molecule has 2 aromatic carbocycles. The predicted molar refractivity (Wildman–Crippen MR) is 102 cm³/mol. The number of carbonyl (C=O) groups is 1. The minimum absolute atomic E-state index is 0.0778. The lowest BCUT2D eigenvalue weighted by atomic mass is 10.1. The van der Waals surface area contributed by atoms with E-state index in [1.165, 1.54) is 24.3 Å². The Morgan fingerprint density at radius 3 is 2.19 bits per heavy atom. The van der Waals surface area contributed by atoms with Crippen LogP contribution >= 0.6 is 0 Å². The first-order chi connectivity index (χ1) is 12.7. The van der Waals surface area contributed by atoms with Gasteiger partial charge in [0.2, 0.25) is 5.91 Å². The molecule has 140 valence electrons. The summed E-state index contributed by atoms with van der Waals surface area (Å²) in [5.41, 5.74) is 9.18. The van der Waals surface area contributed by atoms with Gasteiger partial charge in [0.1, 0.15) is 5.82 Å². The number of halogens is 1. The molecule has 1 aromatic heterocycles. The fourth-order valence-corrected chi connectivity index (χ4v) is 3.66. The second kappa shape index (κ2) is 7.00. The van der Waals surface area contributed by atoms with Crippen LogP contribution < -0.4 is 5.73 Å². The van der Waals surface area contributed by atoms with Crippen LogP contribution in [0.4, 0.5) is 4.39 Å². The number of sulfone groups is 1. The number of aromatic nitrogens is 1. The zero-order valence-electron chi connectivity index (χ0n) is 14.9. The highest BCUT2D eigenvalue weighted by atomic mass is 32.2. The number of nitrogens with zero attached hydrogens (tertiary/aromatic N) is 1. The van der Waals surface area contributed by atoms with Crippen molar-refractivity contribution in [2.75, 3.05) is 6.26 Å². The van der Waals surface area contributed by atoms with Gasteiger partial charge in [0.15, 0.2) is 9.84 Å². The number of nitrogens with two attached hydrogens (primary N) is 1. The van der Waals surface area contributed by atoms with Crippen LogP contribution in [-0.4, -0.2) is 25.1 Å². The highest BCUT2D eigenvalue weighted by molar-refractivity contribution is 7.90. The highest BCUT2D eigenvalue weighted by Crippen LogP contribution is 2.30. The number of amides is 1. The summed E-state index contributed by atoms with van der Waals surface area (Å²) in [5, 5.41) is 0. The van der Waals surface area contributed by atoms with Crippen molar-refractivity contribution in [2.24, 2.45) is 5.73 Å². The number of benzene rings is 2. The molecule has 0 aliphatic heterocycles. The number of rotatable bonds is 5. The molecule has 0 aliphatic rings. The van der Waals surface area contributed by atoms with Crippen molar-refractivity contribution in [1.29, 1.82) is 0 Å². The van der Waals surface area contributed by atoms with Crippen molar-refractivity contribution in [3.63, 3.8) is 0 Å². The topological polar surface area (TPSA) is 82.2 Å². The SMILES string of the molecule is Cc1c(CC(N)=O)cc(-c2ccc(S(C)(=O)=O)cc2)n1-c1ccc(F)cc1. The molecule has 3 rings (SSSR count). The fraction of sp³-hybridized carbons (Fsp3) is 0.150. The van der Waals surface area contributed by atoms with Crippen molar-refractivity contribution in [3.8, 4) is 16.9 Å². The summed E-state index contributed by atoms with van der Waals surface area (Å²) >= 11 is 0. The average Bonchev–Trinajstić information content (AvgIpc) is 2.91. The molecule has 0 fully saturated rings. The lowest BCUT2D eigenvalue weighted by Crippen LogP contribution is -2.14. The Morgan fingerprint density at radius 2 is 1.67 bits per heavy atom. The smallest absolute Gasteiger partial charge is 0.221 e. The van der Waals surface area contributed by atoms with Crippen LogP contribution in [0.2, 0.25) is 0 Å². The summed E-state index contributed by atoms with van der Waals surface area (Å²) in [6.45, 7) is 1.86. The first-order valence-corrected chi connectivity index (χ1v) is 10.1. The van der Waals surface area contributed by atoms with E-state index in [1.807, 2.05) is 17.6 Å². The maximum absolute atomic E-state index is 13.3. The lowest BCUT2D eigenvalue weighted by molar-refractivity contribution is -0.117. The van der Waals surface area contributed by atoms with Crippen molar-refractivity contribution < 1.29 is 17.6 Å². The van der Waals surface area contributed by atoms with Gasteiger partial charge >= 0.3 is 0 Å². The Bertz CT molecular complexity index is 1100. The van der Waals surface area contributed by atoms with Gasteiger partial charge in [0, 0.05) is 17.6 Å². The van der Waals surface area contributed by atoms with Crippen LogP contribution in [0.15, 0.2) is 59.5 Å². The van der Waals surface area contributed by atoms with Crippen LogP contribution in [0.3, 0.4) is 0 Å². The molecular weight excluding hydrogens is 367 g/mol. The van der Waals surface area contributed by atoms with E-state index in [9.17, 15) is 17.6 Å². The van der Waals surface area contributed by atoms with Gasteiger partial charge in [-0.3, -0.25) is 4.79 Å². The third-order valence-electron chi connectivity index (χ3n) is 4.38. The van der Waals surface area contributed by atoms with Crippen LogP contribution in [0.1, 0.15) is 11.3 Å². The quantitative estimate of drug-likeness (QED) is 0.732. The highest BCUT2D eigenvalue weighted by Gasteiger charge is 2.17. The monoisotopic (exact) mass is 386 g/mol. The van der Waals surface area contributed by atoms with E-state index < -0.39 is 15.7 Å². The van der Waals surface area contributed by atoms with Crippen LogP contribution in [0.25, 0.3) is 16.9 Å². The summed E-state index contributed by atoms with van der Waals surface area (Å²) in [4.78, 5) is 11.6. The largest absolute Gasteiger partial charge is 0.369 e. The predicted octanol–water partition coefficient (Wildman–Crippen LogP) is 3.02. The van der Waals surface area contributed by atoms with E-state index >= 15 is 0 Å². The van der Waals surface area contributed by atoms with Crippen molar-refractivity contribution in [1.82, 2.24) is 4.57 Å². The van der Waals surface area contributed by atoms with Crippen molar-refractivity contribution in [2.45, 2.75) is 18.2 Å². The van der Waals surface area contributed by atoms with Gasteiger partial charge in [-0.15, -0.1) is 0 Å². The van der Waals surface area contributed by atoms with E-state index in [2.05, 4.69) is 0 Å². The molecular formula is C20H19FN2O3S. The lowest BCUT2D eigenvalue weighted by Gasteiger charge is -2.13. The van der Waals surface area contributed by atoms with Gasteiger partial charge in [-0.05, 0) is 60.5 Å². The number of primary amides is 1. The molecule has 5 nitrogen and oxygen atoms in total. The Kier molecular flexibility index (Phi) is 4.89. The van der Waals surface area contributed by atoms with Gasteiger partial charge < -0.3 is 10.3 Å². The minimum atomic E-state index is -3.30. The Balaban J connectivity index is 2.18. The average molecular weight is 386 g/mol. The first-order valence-electron chi connectivity index (χ1n) is 8.23. The molecule has 0 spiro atoms. The third kappa shape index (κ3) is 3.93. The number of carbonyl (C=O) groups excluding carboxylic acids is 1. The van der Waals surface area contributed by atoms with Gasteiger partial charge in [-0.25, -0.2) is 12.8 Å². The zero-order chi connectivity index (χ0) is 19.8. The summed E-state index contributed by atoms with van der Waals surface area (Å²) in [6, 6.07) is 14.3. The van der Waals surface area contributed by atoms with E-state index in [1.54, 1.807) is 24.3 Å².